The van der Waals surface area contributed by atoms with Gasteiger partial charge in [-0.3, -0.25) is 14.4 Å². The van der Waals surface area contributed by atoms with Gasteiger partial charge in [-0.2, -0.15) is 5.10 Å². The van der Waals surface area contributed by atoms with Gasteiger partial charge < -0.3 is 10.2 Å². The van der Waals surface area contributed by atoms with E-state index in [4.69, 9.17) is 0 Å². The van der Waals surface area contributed by atoms with Gasteiger partial charge in [-0.1, -0.05) is 48.0 Å². The van der Waals surface area contributed by atoms with E-state index in [1.165, 1.54) is 6.92 Å². The number of anilines is 2. The highest BCUT2D eigenvalue weighted by molar-refractivity contribution is 5.95. The van der Waals surface area contributed by atoms with Gasteiger partial charge in [0, 0.05) is 24.7 Å². The molecule has 1 N–H and O–H groups in total. The lowest BCUT2D eigenvalue weighted by atomic mass is 10.1. The number of benzene rings is 2. The SMILES string of the molecule is CC(=O)Nc1cc(-c2ccc(C)cc2)nn(CC(=O)N2CCc3ccccc32)c1=O. The maximum atomic E-state index is 13.0. The third kappa shape index (κ3) is 3.87. The average Bonchev–Trinajstić information content (AvgIpc) is 3.15. The van der Waals surface area contributed by atoms with Gasteiger partial charge in [0.05, 0.1) is 5.69 Å². The van der Waals surface area contributed by atoms with Gasteiger partial charge >= 0.3 is 0 Å². The Bertz CT molecular complexity index is 1180. The number of hydrogen-bond donors (Lipinski definition) is 1. The Balaban J connectivity index is 1.70. The quantitative estimate of drug-likeness (QED) is 0.727. The molecule has 30 heavy (non-hydrogen) atoms. The number of hydrogen-bond acceptors (Lipinski definition) is 4. The van der Waals surface area contributed by atoms with E-state index in [0.29, 0.717) is 12.2 Å². The van der Waals surface area contributed by atoms with Crippen LogP contribution in [-0.4, -0.2) is 28.1 Å². The first-order chi connectivity index (χ1) is 14.4. The van der Waals surface area contributed by atoms with Crippen molar-refractivity contribution in [2.75, 3.05) is 16.8 Å². The number of nitrogens with one attached hydrogen (secondary N) is 1. The zero-order chi connectivity index (χ0) is 21.3. The van der Waals surface area contributed by atoms with Crippen molar-refractivity contribution < 1.29 is 9.59 Å². The topological polar surface area (TPSA) is 84.3 Å². The lowest BCUT2D eigenvalue weighted by Crippen LogP contribution is -2.37. The molecule has 0 saturated heterocycles. The lowest BCUT2D eigenvalue weighted by molar-refractivity contribution is -0.119. The molecule has 0 bridgehead atoms. The molecule has 0 unspecified atom stereocenters. The molecule has 2 amide bonds. The summed E-state index contributed by atoms with van der Waals surface area (Å²) in [7, 11) is 0. The smallest absolute Gasteiger partial charge is 0.291 e. The van der Waals surface area contributed by atoms with Crippen molar-refractivity contribution in [3.05, 3.63) is 76.1 Å². The molecule has 0 saturated carbocycles. The van der Waals surface area contributed by atoms with Crippen LogP contribution in [0, 0.1) is 6.92 Å². The van der Waals surface area contributed by atoms with E-state index in [2.05, 4.69) is 10.4 Å². The highest BCUT2D eigenvalue weighted by Gasteiger charge is 2.25. The number of carbonyl (C=O) groups is 2. The van der Waals surface area contributed by atoms with Crippen molar-refractivity contribution in [3.8, 4) is 11.3 Å². The minimum absolute atomic E-state index is 0.0997. The number of amides is 2. The van der Waals surface area contributed by atoms with Crippen LogP contribution in [0.1, 0.15) is 18.1 Å². The largest absolute Gasteiger partial charge is 0.322 e. The molecule has 1 aromatic heterocycles. The van der Waals surface area contributed by atoms with Gasteiger partial charge in [0.25, 0.3) is 5.56 Å². The molecule has 4 rings (SSSR count). The van der Waals surface area contributed by atoms with E-state index in [0.717, 1.165) is 33.5 Å². The van der Waals surface area contributed by atoms with Gasteiger partial charge in [-0.15, -0.1) is 0 Å². The molecule has 1 aliphatic rings. The Hall–Kier alpha value is -3.74. The monoisotopic (exact) mass is 402 g/mol. The second-order valence-corrected chi connectivity index (χ2v) is 7.38. The predicted molar refractivity (Wildman–Crippen MR) is 115 cm³/mol. The van der Waals surface area contributed by atoms with E-state index < -0.39 is 5.56 Å². The zero-order valence-electron chi connectivity index (χ0n) is 16.9. The summed E-state index contributed by atoms with van der Waals surface area (Å²) in [5, 5.41) is 6.97. The summed E-state index contributed by atoms with van der Waals surface area (Å²) < 4.78 is 1.13. The predicted octanol–water partition coefficient (Wildman–Crippen LogP) is 2.77. The molecule has 0 spiro atoms. The molecule has 1 aliphatic heterocycles. The lowest BCUT2D eigenvalue weighted by Gasteiger charge is -2.18. The van der Waals surface area contributed by atoms with E-state index in [1.54, 1.807) is 11.0 Å². The second kappa shape index (κ2) is 7.94. The van der Waals surface area contributed by atoms with Crippen molar-refractivity contribution >= 4 is 23.2 Å². The van der Waals surface area contributed by atoms with Crippen LogP contribution in [-0.2, 0) is 22.6 Å². The van der Waals surface area contributed by atoms with Crippen LogP contribution < -0.4 is 15.8 Å². The Morgan fingerprint density at radius 1 is 1.10 bits per heavy atom. The Labute approximate surface area is 174 Å². The van der Waals surface area contributed by atoms with Crippen LogP contribution >= 0.6 is 0 Å². The molecule has 152 valence electrons. The van der Waals surface area contributed by atoms with Crippen molar-refractivity contribution in [2.45, 2.75) is 26.8 Å². The van der Waals surface area contributed by atoms with Crippen LogP contribution in [0.15, 0.2) is 59.4 Å². The number of nitrogens with zero attached hydrogens (tertiary/aromatic N) is 3. The number of aromatic nitrogens is 2. The summed E-state index contributed by atoms with van der Waals surface area (Å²) in [6.07, 6.45) is 0.783. The first kappa shape index (κ1) is 19.6. The van der Waals surface area contributed by atoms with Crippen LogP contribution in [0.5, 0.6) is 0 Å². The maximum absolute atomic E-state index is 13.0. The van der Waals surface area contributed by atoms with Gasteiger partial charge in [-0.05, 0) is 31.0 Å². The molecule has 2 aromatic carbocycles. The summed E-state index contributed by atoms with van der Waals surface area (Å²) in [4.78, 5) is 39.1. The van der Waals surface area contributed by atoms with E-state index >= 15 is 0 Å². The van der Waals surface area contributed by atoms with Gasteiger partial charge in [0.15, 0.2) is 0 Å². The molecule has 2 heterocycles. The van der Waals surface area contributed by atoms with Crippen molar-refractivity contribution in [1.29, 1.82) is 0 Å². The van der Waals surface area contributed by atoms with Crippen LogP contribution in [0.3, 0.4) is 0 Å². The molecule has 0 atom stereocenters. The summed E-state index contributed by atoms with van der Waals surface area (Å²) in [5.74, 6) is -0.580. The Morgan fingerprint density at radius 3 is 2.57 bits per heavy atom. The first-order valence-corrected chi connectivity index (χ1v) is 9.77. The second-order valence-electron chi connectivity index (χ2n) is 7.38. The number of rotatable bonds is 4. The maximum Gasteiger partial charge on any atom is 0.291 e. The average molecular weight is 402 g/mol. The third-order valence-electron chi connectivity index (χ3n) is 5.11. The van der Waals surface area contributed by atoms with E-state index in [9.17, 15) is 14.4 Å². The van der Waals surface area contributed by atoms with E-state index in [-0.39, 0.29) is 24.0 Å². The molecular weight excluding hydrogens is 380 g/mol. The Kier molecular flexibility index (Phi) is 5.18. The molecule has 0 radical (unpaired) electrons. The number of aryl methyl sites for hydroxylation is 1. The van der Waals surface area contributed by atoms with Crippen molar-refractivity contribution in [2.24, 2.45) is 0 Å². The molecule has 0 aliphatic carbocycles. The molecule has 3 aromatic rings. The number of para-hydroxylation sites is 1. The summed E-state index contributed by atoms with van der Waals surface area (Å²) in [6.45, 7) is 3.68. The fourth-order valence-corrected chi connectivity index (χ4v) is 3.60. The van der Waals surface area contributed by atoms with E-state index in [1.807, 2.05) is 55.5 Å². The highest BCUT2D eigenvalue weighted by Crippen LogP contribution is 2.27. The minimum atomic E-state index is -0.512. The normalized spacial score (nSPS) is 12.5. The van der Waals surface area contributed by atoms with Crippen LogP contribution in [0.25, 0.3) is 11.3 Å². The molecule has 7 heteroatoms. The number of fused-ring (bicyclic) bond motifs is 1. The van der Waals surface area contributed by atoms with Crippen LogP contribution in [0.4, 0.5) is 11.4 Å². The molecule has 7 nitrogen and oxygen atoms in total. The third-order valence-corrected chi connectivity index (χ3v) is 5.11. The standard InChI is InChI=1S/C23H22N4O3/c1-15-7-9-17(10-8-15)19-13-20(24-16(2)28)23(30)27(25-19)14-22(29)26-12-11-18-5-3-4-6-21(18)26/h3-10,13H,11-12,14H2,1-2H3,(H,24,28). The molecule has 0 fully saturated rings. The zero-order valence-corrected chi connectivity index (χ0v) is 16.9. The molecular formula is C23H22N4O3. The van der Waals surface area contributed by atoms with Crippen molar-refractivity contribution in [3.63, 3.8) is 0 Å². The van der Waals surface area contributed by atoms with Gasteiger partial charge in [0.1, 0.15) is 12.2 Å². The summed E-state index contributed by atoms with van der Waals surface area (Å²) >= 11 is 0. The number of carbonyl (C=O) groups excluding carboxylic acids is 2. The minimum Gasteiger partial charge on any atom is -0.322 e. The first-order valence-electron chi connectivity index (χ1n) is 9.77. The van der Waals surface area contributed by atoms with Crippen molar-refractivity contribution in [1.82, 2.24) is 9.78 Å². The van der Waals surface area contributed by atoms with Gasteiger partial charge in [0.2, 0.25) is 11.8 Å². The summed E-state index contributed by atoms with van der Waals surface area (Å²) in [6, 6.07) is 17.0. The fourth-order valence-electron chi connectivity index (χ4n) is 3.60. The highest BCUT2D eigenvalue weighted by atomic mass is 16.2. The Morgan fingerprint density at radius 2 is 1.83 bits per heavy atom. The van der Waals surface area contributed by atoms with Crippen LogP contribution in [0.2, 0.25) is 0 Å². The summed E-state index contributed by atoms with van der Waals surface area (Å²) in [5.41, 5.74) is 3.96. The van der Waals surface area contributed by atoms with Gasteiger partial charge in [-0.25, -0.2) is 4.68 Å². The fraction of sp³-hybridized carbons (Fsp3) is 0.217.